The molecule has 2 aromatic rings. The van der Waals surface area contributed by atoms with E-state index in [2.05, 4.69) is 48.3 Å². The number of carbonyl (C=O) groups is 1. The van der Waals surface area contributed by atoms with Crippen molar-refractivity contribution in [3.05, 3.63) is 59.2 Å². The summed E-state index contributed by atoms with van der Waals surface area (Å²) in [5, 5.41) is 11.8. The van der Waals surface area contributed by atoms with Crippen molar-refractivity contribution in [2.24, 2.45) is 0 Å². The van der Waals surface area contributed by atoms with E-state index < -0.39 is 0 Å². The van der Waals surface area contributed by atoms with Gasteiger partial charge in [-0.1, -0.05) is 12.1 Å². The molecule has 0 saturated carbocycles. The van der Waals surface area contributed by atoms with Crippen molar-refractivity contribution in [3.63, 3.8) is 0 Å². The molecule has 25 heavy (non-hydrogen) atoms. The van der Waals surface area contributed by atoms with E-state index in [0.717, 1.165) is 13.1 Å². The zero-order valence-electron chi connectivity index (χ0n) is 14.6. The summed E-state index contributed by atoms with van der Waals surface area (Å²) in [5.74, 6) is 0. The number of piperazine rings is 1. The highest BCUT2D eigenvalue weighted by atomic mass is 16.2. The van der Waals surface area contributed by atoms with Crippen LogP contribution >= 0.6 is 0 Å². The second-order valence-electron chi connectivity index (χ2n) is 6.37. The summed E-state index contributed by atoms with van der Waals surface area (Å²) in [6.07, 6.45) is 0. The smallest absolute Gasteiger partial charge is 0.321 e. The lowest BCUT2D eigenvalue weighted by molar-refractivity contribution is 0.208. The van der Waals surface area contributed by atoms with E-state index in [0.29, 0.717) is 24.3 Å². The third kappa shape index (κ3) is 3.92. The fourth-order valence-corrected chi connectivity index (χ4v) is 2.96. The number of carbonyl (C=O) groups excluding carboxylic acids is 1. The molecule has 5 nitrogen and oxygen atoms in total. The summed E-state index contributed by atoms with van der Waals surface area (Å²) in [6.45, 7) is 7.22. The molecule has 1 heterocycles. The number of nitrogens with zero attached hydrogens (tertiary/aromatic N) is 3. The van der Waals surface area contributed by atoms with E-state index in [1.807, 2.05) is 4.90 Å². The maximum absolute atomic E-state index is 12.4. The molecule has 128 valence electrons. The van der Waals surface area contributed by atoms with Crippen molar-refractivity contribution in [1.29, 1.82) is 5.26 Å². The van der Waals surface area contributed by atoms with Crippen molar-refractivity contribution in [2.75, 3.05) is 36.4 Å². The fourth-order valence-electron chi connectivity index (χ4n) is 2.96. The van der Waals surface area contributed by atoms with E-state index >= 15 is 0 Å². The van der Waals surface area contributed by atoms with Crippen molar-refractivity contribution in [2.45, 2.75) is 13.8 Å². The van der Waals surface area contributed by atoms with Gasteiger partial charge in [0.05, 0.1) is 11.6 Å². The first kappa shape index (κ1) is 16.8. The van der Waals surface area contributed by atoms with Gasteiger partial charge in [0.2, 0.25) is 0 Å². The fraction of sp³-hybridized carbons (Fsp3) is 0.300. The zero-order chi connectivity index (χ0) is 17.8. The Morgan fingerprint density at radius 1 is 1.04 bits per heavy atom. The van der Waals surface area contributed by atoms with Gasteiger partial charge in [0, 0.05) is 37.6 Å². The average molecular weight is 334 g/mol. The van der Waals surface area contributed by atoms with Gasteiger partial charge in [-0.15, -0.1) is 0 Å². The minimum Gasteiger partial charge on any atom is -0.368 e. The summed E-state index contributed by atoms with van der Waals surface area (Å²) < 4.78 is 0. The van der Waals surface area contributed by atoms with Gasteiger partial charge in [0.1, 0.15) is 0 Å². The van der Waals surface area contributed by atoms with Crippen LogP contribution in [0.4, 0.5) is 16.2 Å². The lowest BCUT2D eigenvalue weighted by Gasteiger charge is -2.36. The average Bonchev–Trinajstić information content (AvgIpc) is 2.64. The topological polar surface area (TPSA) is 59.4 Å². The molecule has 0 unspecified atom stereocenters. The quantitative estimate of drug-likeness (QED) is 0.914. The van der Waals surface area contributed by atoms with Gasteiger partial charge in [0.25, 0.3) is 0 Å². The van der Waals surface area contributed by atoms with E-state index in [1.54, 1.807) is 24.3 Å². The molecule has 1 saturated heterocycles. The van der Waals surface area contributed by atoms with Crippen LogP contribution < -0.4 is 10.2 Å². The molecule has 3 rings (SSSR count). The molecule has 1 N–H and O–H groups in total. The zero-order valence-corrected chi connectivity index (χ0v) is 14.6. The Balaban J connectivity index is 1.58. The highest BCUT2D eigenvalue weighted by molar-refractivity contribution is 5.89. The Hall–Kier alpha value is -3.00. The minimum atomic E-state index is -0.116. The van der Waals surface area contributed by atoms with Crippen LogP contribution in [0.1, 0.15) is 16.7 Å². The van der Waals surface area contributed by atoms with Gasteiger partial charge < -0.3 is 15.1 Å². The van der Waals surface area contributed by atoms with E-state index in [1.165, 1.54) is 16.8 Å². The van der Waals surface area contributed by atoms with Crippen molar-refractivity contribution in [1.82, 2.24) is 4.90 Å². The number of aryl methyl sites for hydroxylation is 2. The third-order valence-corrected chi connectivity index (χ3v) is 4.67. The number of benzene rings is 2. The molecule has 0 radical (unpaired) electrons. The maximum atomic E-state index is 12.4. The molecular formula is C20H22N4O. The summed E-state index contributed by atoms with van der Waals surface area (Å²) in [5.41, 5.74) is 4.99. The van der Waals surface area contributed by atoms with E-state index in [4.69, 9.17) is 5.26 Å². The molecule has 1 aliphatic rings. The molecule has 0 aliphatic carbocycles. The summed E-state index contributed by atoms with van der Waals surface area (Å²) in [7, 11) is 0. The lowest BCUT2D eigenvalue weighted by atomic mass is 10.1. The number of hydrogen-bond donors (Lipinski definition) is 1. The van der Waals surface area contributed by atoms with Crippen LogP contribution in [0.15, 0.2) is 42.5 Å². The van der Waals surface area contributed by atoms with Crippen molar-refractivity contribution < 1.29 is 4.79 Å². The normalized spacial score (nSPS) is 14.1. The monoisotopic (exact) mass is 334 g/mol. The third-order valence-electron chi connectivity index (χ3n) is 4.67. The van der Waals surface area contributed by atoms with Crippen LogP contribution in [-0.4, -0.2) is 37.1 Å². The predicted octanol–water partition coefficient (Wildman–Crippen LogP) is 3.53. The van der Waals surface area contributed by atoms with Crippen LogP contribution in [0, 0.1) is 25.2 Å². The Bertz CT molecular complexity index is 817. The Morgan fingerprint density at radius 3 is 2.48 bits per heavy atom. The number of nitrogens with one attached hydrogen (secondary N) is 1. The Kier molecular flexibility index (Phi) is 4.90. The first-order valence-electron chi connectivity index (χ1n) is 8.45. The maximum Gasteiger partial charge on any atom is 0.321 e. The summed E-state index contributed by atoms with van der Waals surface area (Å²) in [6, 6.07) is 15.4. The molecule has 0 bridgehead atoms. The number of rotatable bonds is 2. The molecule has 0 spiro atoms. The number of nitriles is 1. The first-order valence-corrected chi connectivity index (χ1v) is 8.45. The predicted molar refractivity (Wildman–Crippen MR) is 99.9 cm³/mol. The molecule has 1 fully saturated rings. The van der Waals surface area contributed by atoms with Crippen LogP contribution in [0.25, 0.3) is 0 Å². The van der Waals surface area contributed by atoms with Crippen LogP contribution in [0.2, 0.25) is 0 Å². The summed E-state index contributed by atoms with van der Waals surface area (Å²) in [4.78, 5) is 16.6. The van der Waals surface area contributed by atoms with E-state index in [9.17, 15) is 4.79 Å². The molecule has 0 aromatic heterocycles. The van der Waals surface area contributed by atoms with Gasteiger partial charge in [-0.05, 0) is 55.3 Å². The molecule has 2 amide bonds. The standard InChI is InChI=1S/C20H22N4O/c1-15-6-7-19(12-16(15)2)23-8-10-24(11-9-23)20(25)22-18-5-3-4-17(13-18)14-21/h3-7,12-13H,8-11H2,1-2H3,(H,22,25). The van der Waals surface area contributed by atoms with Gasteiger partial charge in [-0.25, -0.2) is 4.79 Å². The Labute approximate surface area is 148 Å². The van der Waals surface area contributed by atoms with Crippen LogP contribution in [0.5, 0.6) is 0 Å². The number of hydrogen-bond acceptors (Lipinski definition) is 3. The molecule has 2 aromatic carbocycles. The summed E-state index contributed by atoms with van der Waals surface area (Å²) >= 11 is 0. The van der Waals surface area contributed by atoms with Crippen molar-refractivity contribution in [3.8, 4) is 6.07 Å². The molecule has 1 aliphatic heterocycles. The highest BCUT2D eigenvalue weighted by Crippen LogP contribution is 2.20. The van der Waals surface area contributed by atoms with Gasteiger partial charge in [0.15, 0.2) is 0 Å². The Morgan fingerprint density at radius 2 is 1.80 bits per heavy atom. The molecular weight excluding hydrogens is 312 g/mol. The highest BCUT2D eigenvalue weighted by Gasteiger charge is 2.21. The number of urea groups is 1. The second kappa shape index (κ2) is 7.27. The van der Waals surface area contributed by atoms with E-state index in [-0.39, 0.29) is 6.03 Å². The molecule has 5 heteroatoms. The van der Waals surface area contributed by atoms with Crippen LogP contribution in [-0.2, 0) is 0 Å². The van der Waals surface area contributed by atoms with Gasteiger partial charge in [-0.3, -0.25) is 0 Å². The SMILES string of the molecule is Cc1ccc(N2CCN(C(=O)Nc3cccc(C#N)c3)CC2)cc1C. The van der Waals surface area contributed by atoms with Gasteiger partial charge in [-0.2, -0.15) is 5.26 Å². The number of anilines is 2. The van der Waals surface area contributed by atoms with Crippen molar-refractivity contribution >= 4 is 17.4 Å². The largest absolute Gasteiger partial charge is 0.368 e. The van der Waals surface area contributed by atoms with Gasteiger partial charge >= 0.3 is 6.03 Å². The minimum absolute atomic E-state index is 0.116. The first-order chi connectivity index (χ1) is 12.1. The second-order valence-corrected chi connectivity index (χ2v) is 6.37. The lowest BCUT2D eigenvalue weighted by Crippen LogP contribution is -2.50. The number of amides is 2. The molecule has 0 atom stereocenters. The van der Waals surface area contributed by atoms with Crippen LogP contribution in [0.3, 0.4) is 0 Å².